The van der Waals surface area contributed by atoms with E-state index >= 15 is 0 Å². The van der Waals surface area contributed by atoms with Crippen molar-refractivity contribution in [3.8, 4) is 34.5 Å². The van der Waals surface area contributed by atoms with Crippen molar-refractivity contribution in [2.24, 2.45) is 0 Å². The molecule has 6 rings (SSSR count). The first-order valence-electron chi connectivity index (χ1n) is 17.0. The van der Waals surface area contributed by atoms with Gasteiger partial charge in [-0.1, -0.05) is 0 Å². The number of phenols is 2. The second-order valence-electron chi connectivity index (χ2n) is 13.5. The van der Waals surface area contributed by atoms with Gasteiger partial charge >= 0.3 is 0 Å². The van der Waals surface area contributed by atoms with E-state index in [0.29, 0.717) is 34.4 Å². The van der Waals surface area contributed by atoms with Crippen LogP contribution >= 0.6 is 0 Å². The van der Waals surface area contributed by atoms with Gasteiger partial charge in [-0.05, 0) is 149 Å². The molecule has 0 radical (unpaired) electrons. The molecular formula is C40H48N4O6. The molecule has 2 fully saturated rings. The highest BCUT2D eigenvalue weighted by Crippen LogP contribution is 2.36. The molecule has 50 heavy (non-hydrogen) atoms. The molecule has 2 saturated carbocycles. The van der Waals surface area contributed by atoms with E-state index in [1.807, 2.05) is 52.0 Å². The van der Waals surface area contributed by atoms with Gasteiger partial charge in [-0.3, -0.25) is 9.59 Å². The van der Waals surface area contributed by atoms with Crippen LogP contribution in [0.3, 0.4) is 0 Å². The Morgan fingerprint density at radius 2 is 0.920 bits per heavy atom. The molecule has 264 valence electrons. The summed E-state index contributed by atoms with van der Waals surface area (Å²) < 4.78 is 12.0. The summed E-state index contributed by atoms with van der Waals surface area (Å²) in [6, 6.07) is 17.4. The summed E-state index contributed by atoms with van der Waals surface area (Å²) in [7, 11) is 3.57. The molecule has 4 aromatic rings. The highest BCUT2D eigenvalue weighted by atomic mass is 16.5. The van der Waals surface area contributed by atoms with E-state index in [1.54, 1.807) is 48.2 Å². The lowest BCUT2D eigenvalue weighted by molar-refractivity contribution is 0.0641. The van der Waals surface area contributed by atoms with Crippen molar-refractivity contribution in [3.63, 3.8) is 0 Å². The number of carbonyl (C=O) groups excluding carboxylic acids is 2. The van der Waals surface area contributed by atoms with Gasteiger partial charge in [0.15, 0.2) is 0 Å². The van der Waals surface area contributed by atoms with Gasteiger partial charge in [0, 0.05) is 37.6 Å². The monoisotopic (exact) mass is 680 g/mol. The van der Waals surface area contributed by atoms with Crippen LogP contribution in [0.4, 0.5) is 11.4 Å². The van der Waals surface area contributed by atoms with Crippen molar-refractivity contribution in [3.05, 3.63) is 94.0 Å². The first-order chi connectivity index (χ1) is 23.7. The molecule has 2 aliphatic rings. The minimum Gasteiger partial charge on any atom is -0.507 e. The van der Waals surface area contributed by atoms with Gasteiger partial charge in [0.1, 0.15) is 34.5 Å². The third-order valence-corrected chi connectivity index (χ3v) is 9.69. The molecule has 0 atom stereocenters. The number of ether oxygens (including phenoxy) is 2. The van der Waals surface area contributed by atoms with Crippen LogP contribution in [-0.4, -0.2) is 58.0 Å². The zero-order chi connectivity index (χ0) is 36.3. The van der Waals surface area contributed by atoms with Crippen LogP contribution in [0.1, 0.15) is 81.5 Å². The van der Waals surface area contributed by atoms with E-state index in [-0.39, 0.29) is 46.5 Å². The second-order valence-corrected chi connectivity index (χ2v) is 13.5. The predicted molar refractivity (Wildman–Crippen MR) is 196 cm³/mol. The number of hydrogen-bond donors (Lipinski definition) is 4. The Balaban J connectivity index is 0.000000194. The number of phenolic OH excluding ortho intramolecular Hbond substituents is 2. The molecule has 0 aromatic heterocycles. The standard InChI is InChI=1S/2C20H24N2O3/c2*1-12-9-14(21)10-13(2)19(12)25-16-7-8-18(23)17(11-16)20(24)22(3)15-5-4-6-15/h2*7-11,15,23H,4-6,21H2,1-3H3. The maximum absolute atomic E-state index is 12.7. The Bertz CT molecular complexity index is 1720. The summed E-state index contributed by atoms with van der Waals surface area (Å²) in [5.74, 6) is 2.02. The molecule has 10 nitrogen and oxygen atoms in total. The van der Waals surface area contributed by atoms with E-state index in [9.17, 15) is 19.8 Å². The Kier molecular flexibility index (Phi) is 10.8. The third-order valence-electron chi connectivity index (χ3n) is 9.69. The first kappa shape index (κ1) is 35.9. The molecule has 2 amide bonds. The maximum atomic E-state index is 12.7. The number of anilines is 2. The Hall–Kier alpha value is -5.38. The van der Waals surface area contributed by atoms with Crippen LogP contribution in [0.15, 0.2) is 60.7 Å². The largest absolute Gasteiger partial charge is 0.507 e. The summed E-state index contributed by atoms with van der Waals surface area (Å²) in [6.45, 7) is 7.70. The van der Waals surface area contributed by atoms with Gasteiger partial charge in [0.25, 0.3) is 11.8 Å². The number of hydrogen-bond acceptors (Lipinski definition) is 8. The average molecular weight is 681 g/mol. The molecule has 0 spiro atoms. The van der Waals surface area contributed by atoms with Gasteiger partial charge in [0.05, 0.1) is 11.1 Å². The Morgan fingerprint density at radius 3 is 1.20 bits per heavy atom. The van der Waals surface area contributed by atoms with Crippen molar-refractivity contribution < 1.29 is 29.3 Å². The first-order valence-corrected chi connectivity index (χ1v) is 17.0. The fourth-order valence-electron chi connectivity index (χ4n) is 6.28. The lowest BCUT2D eigenvalue weighted by atomic mass is 9.91. The number of nitrogens with two attached hydrogens (primary N) is 2. The van der Waals surface area contributed by atoms with Crippen LogP contribution in [0.25, 0.3) is 0 Å². The van der Waals surface area contributed by atoms with Crippen molar-refractivity contribution in [2.75, 3.05) is 25.6 Å². The number of aromatic hydroxyl groups is 2. The zero-order valence-corrected chi connectivity index (χ0v) is 29.7. The molecule has 0 bridgehead atoms. The lowest BCUT2D eigenvalue weighted by Crippen LogP contribution is -2.41. The summed E-state index contributed by atoms with van der Waals surface area (Å²) >= 11 is 0. The van der Waals surface area contributed by atoms with Crippen molar-refractivity contribution in [1.29, 1.82) is 0 Å². The molecule has 4 aromatic carbocycles. The Labute approximate surface area is 294 Å². The van der Waals surface area contributed by atoms with Crippen LogP contribution in [0.5, 0.6) is 34.5 Å². The zero-order valence-electron chi connectivity index (χ0n) is 29.7. The number of rotatable bonds is 8. The van der Waals surface area contributed by atoms with E-state index in [4.69, 9.17) is 20.9 Å². The Morgan fingerprint density at radius 1 is 0.600 bits per heavy atom. The second kappa shape index (κ2) is 15.0. The third kappa shape index (κ3) is 7.91. The maximum Gasteiger partial charge on any atom is 0.257 e. The molecule has 0 unspecified atom stereocenters. The number of nitrogens with zero attached hydrogens (tertiary/aromatic N) is 2. The molecule has 6 N–H and O–H groups in total. The van der Waals surface area contributed by atoms with Gasteiger partial charge < -0.3 is 41.0 Å². The van der Waals surface area contributed by atoms with Crippen LogP contribution < -0.4 is 20.9 Å². The molecule has 0 saturated heterocycles. The van der Waals surface area contributed by atoms with Crippen molar-refractivity contribution in [1.82, 2.24) is 9.80 Å². The van der Waals surface area contributed by atoms with E-state index in [0.717, 1.165) is 60.8 Å². The molecule has 0 heterocycles. The summed E-state index contributed by atoms with van der Waals surface area (Å²) in [5.41, 5.74) is 17.3. The van der Waals surface area contributed by atoms with Gasteiger partial charge in [-0.25, -0.2) is 0 Å². The van der Waals surface area contributed by atoms with Gasteiger partial charge in [0.2, 0.25) is 0 Å². The van der Waals surface area contributed by atoms with Gasteiger partial charge in [-0.15, -0.1) is 0 Å². The van der Waals surface area contributed by atoms with Crippen LogP contribution in [0.2, 0.25) is 0 Å². The summed E-state index contributed by atoms with van der Waals surface area (Å²) in [4.78, 5) is 28.8. The van der Waals surface area contributed by atoms with Crippen molar-refractivity contribution >= 4 is 23.2 Å². The number of carbonyl (C=O) groups is 2. The normalized spacial score (nSPS) is 14.0. The SMILES string of the molecule is Cc1cc(N)cc(C)c1Oc1ccc(O)c(C(=O)N(C)C2CCC2)c1.Cc1cc(N)cc(C)c1Oc1ccc(O)c(C(=O)N(C)C2CCC2)c1. The van der Waals surface area contributed by atoms with Crippen LogP contribution in [-0.2, 0) is 0 Å². The number of nitrogen functional groups attached to an aromatic ring is 2. The quantitative estimate of drug-likeness (QED) is 0.137. The minimum atomic E-state index is -0.182. The highest BCUT2D eigenvalue weighted by Gasteiger charge is 2.29. The fraction of sp³-hybridized carbons (Fsp3) is 0.350. The van der Waals surface area contributed by atoms with Gasteiger partial charge in [-0.2, -0.15) is 0 Å². The van der Waals surface area contributed by atoms with Crippen molar-refractivity contribution in [2.45, 2.75) is 78.3 Å². The molecule has 2 aliphatic carbocycles. The summed E-state index contributed by atoms with van der Waals surface area (Å²) in [5, 5.41) is 20.2. The number of benzene rings is 4. The smallest absolute Gasteiger partial charge is 0.257 e. The topological polar surface area (TPSA) is 152 Å². The molecule has 10 heteroatoms. The van der Waals surface area contributed by atoms with E-state index in [1.165, 1.54) is 12.1 Å². The average Bonchev–Trinajstić information content (AvgIpc) is 3.00. The number of aryl methyl sites for hydroxylation is 4. The van der Waals surface area contributed by atoms with Crippen LogP contribution in [0, 0.1) is 27.7 Å². The highest BCUT2D eigenvalue weighted by molar-refractivity contribution is 5.98. The number of amides is 2. The van der Waals surface area contributed by atoms with E-state index in [2.05, 4.69) is 0 Å². The molecular weight excluding hydrogens is 632 g/mol. The summed E-state index contributed by atoms with van der Waals surface area (Å²) in [6.07, 6.45) is 6.36. The minimum absolute atomic E-state index is 0.0331. The lowest BCUT2D eigenvalue weighted by Gasteiger charge is -2.34. The van der Waals surface area contributed by atoms with E-state index < -0.39 is 0 Å². The molecule has 0 aliphatic heterocycles. The fourth-order valence-corrected chi connectivity index (χ4v) is 6.28. The predicted octanol–water partition coefficient (Wildman–Crippen LogP) is 8.02.